The van der Waals surface area contributed by atoms with Gasteiger partial charge in [0.2, 0.25) is 5.82 Å². The standard InChI is InChI=1S/C10H3ClF5N3O2/c11-7-6-4(2-1-3-5(6)19(20)21)17-8(18-7)9(12,13)10(14,15)16/h1-3H. The zero-order valence-electron chi connectivity index (χ0n) is 9.66. The van der Waals surface area contributed by atoms with E-state index in [1.165, 1.54) is 0 Å². The van der Waals surface area contributed by atoms with Crippen molar-refractivity contribution < 1.29 is 26.9 Å². The van der Waals surface area contributed by atoms with E-state index < -0.39 is 44.6 Å². The molecule has 0 aliphatic carbocycles. The van der Waals surface area contributed by atoms with Gasteiger partial charge in [-0.15, -0.1) is 0 Å². The number of non-ortho nitro benzene ring substituents is 1. The van der Waals surface area contributed by atoms with Crippen molar-refractivity contribution in [3.8, 4) is 0 Å². The topological polar surface area (TPSA) is 68.9 Å². The minimum absolute atomic E-state index is 0.411. The third-order valence-corrected chi connectivity index (χ3v) is 2.76. The third-order valence-electron chi connectivity index (χ3n) is 2.49. The Morgan fingerprint density at radius 2 is 1.76 bits per heavy atom. The molecule has 0 saturated carbocycles. The third kappa shape index (κ3) is 2.46. The van der Waals surface area contributed by atoms with E-state index in [-0.39, 0.29) is 0 Å². The van der Waals surface area contributed by atoms with Gasteiger partial charge in [-0.2, -0.15) is 22.0 Å². The lowest BCUT2D eigenvalue weighted by molar-refractivity contribution is -0.383. The Hall–Kier alpha value is -2.10. The molecule has 0 aliphatic heterocycles. The van der Waals surface area contributed by atoms with E-state index in [0.29, 0.717) is 0 Å². The number of hydrogen-bond donors (Lipinski definition) is 0. The van der Waals surface area contributed by atoms with Crippen molar-refractivity contribution in [3.05, 3.63) is 39.3 Å². The van der Waals surface area contributed by atoms with Gasteiger partial charge in [-0.25, -0.2) is 9.97 Å². The lowest BCUT2D eigenvalue weighted by atomic mass is 10.2. The highest BCUT2D eigenvalue weighted by Crippen LogP contribution is 2.43. The summed E-state index contributed by atoms with van der Waals surface area (Å²) in [4.78, 5) is 15.8. The van der Waals surface area contributed by atoms with Crippen LogP contribution in [0.2, 0.25) is 5.15 Å². The van der Waals surface area contributed by atoms with Gasteiger partial charge in [0, 0.05) is 6.07 Å². The van der Waals surface area contributed by atoms with Gasteiger partial charge < -0.3 is 0 Å². The molecular weight excluding hydrogens is 325 g/mol. The van der Waals surface area contributed by atoms with Crippen LogP contribution in [0.1, 0.15) is 5.82 Å². The summed E-state index contributed by atoms with van der Waals surface area (Å²) >= 11 is 5.51. The van der Waals surface area contributed by atoms with Crippen LogP contribution in [-0.2, 0) is 5.92 Å². The molecule has 0 spiro atoms. The van der Waals surface area contributed by atoms with Crippen LogP contribution in [0, 0.1) is 10.1 Å². The SMILES string of the molecule is O=[N+]([O-])c1cccc2nc(C(F)(F)C(F)(F)F)nc(Cl)c12. The number of nitro groups is 1. The monoisotopic (exact) mass is 327 g/mol. The van der Waals surface area contributed by atoms with Gasteiger partial charge in [-0.1, -0.05) is 17.7 Å². The lowest BCUT2D eigenvalue weighted by Gasteiger charge is -2.18. The van der Waals surface area contributed by atoms with Crippen LogP contribution in [0.4, 0.5) is 27.6 Å². The number of hydrogen-bond acceptors (Lipinski definition) is 4. The van der Waals surface area contributed by atoms with E-state index in [2.05, 4.69) is 9.97 Å². The number of nitrogens with zero attached hydrogens (tertiary/aromatic N) is 3. The van der Waals surface area contributed by atoms with Gasteiger partial charge in [0.1, 0.15) is 10.5 Å². The Bertz CT molecular complexity index is 734. The molecule has 0 atom stereocenters. The Balaban J connectivity index is 2.76. The Morgan fingerprint density at radius 1 is 1.14 bits per heavy atom. The van der Waals surface area contributed by atoms with Crippen molar-refractivity contribution in [1.82, 2.24) is 9.97 Å². The zero-order chi connectivity index (χ0) is 16.0. The van der Waals surface area contributed by atoms with E-state index in [9.17, 15) is 32.1 Å². The van der Waals surface area contributed by atoms with Gasteiger partial charge in [0.05, 0.1) is 10.4 Å². The molecule has 11 heteroatoms. The first-order valence-corrected chi connectivity index (χ1v) is 5.49. The van der Waals surface area contributed by atoms with Crippen molar-refractivity contribution in [2.75, 3.05) is 0 Å². The van der Waals surface area contributed by atoms with E-state index in [4.69, 9.17) is 11.6 Å². The zero-order valence-corrected chi connectivity index (χ0v) is 10.4. The Kier molecular flexibility index (Phi) is 3.44. The van der Waals surface area contributed by atoms with Crippen molar-refractivity contribution in [3.63, 3.8) is 0 Å². The fourth-order valence-electron chi connectivity index (χ4n) is 1.54. The molecule has 1 aromatic heterocycles. The molecule has 2 aromatic rings. The summed E-state index contributed by atoms with van der Waals surface area (Å²) in [7, 11) is 0. The van der Waals surface area contributed by atoms with Crippen molar-refractivity contribution in [2.45, 2.75) is 12.1 Å². The molecule has 5 nitrogen and oxygen atoms in total. The molecule has 0 N–H and O–H groups in total. The normalized spacial score (nSPS) is 12.7. The molecule has 0 saturated heterocycles. The highest BCUT2D eigenvalue weighted by Gasteiger charge is 2.61. The highest BCUT2D eigenvalue weighted by molar-refractivity contribution is 6.34. The number of fused-ring (bicyclic) bond motifs is 1. The summed E-state index contributed by atoms with van der Waals surface area (Å²) in [6, 6.07) is 3.10. The lowest BCUT2D eigenvalue weighted by Crippen LogP contribution is -2.35. The Labute approximate surface area is 117 Å². The average Bonchev–Trinajstić information content (AvgIpc) is 2.36. The molecule has 1 aromatic carbocycles. The second-order valence-corrected chi connectivity index (χ2v) is 4.20. The maximum atomic E-state index is 13.2. The van der Waals surface area contributed by atoms with Gasteiger partial charge in [-0.05, 0) is 6.07 Å². The number of aromatic nitrogens is 2. The molecule has 1 heterocycles. The van der Waals surface area contributed by atoms with Crippen LogP contribution in [0.3, 0.4) is 0 Å². The van der Waals surface area contributed by atoms with E-state index in [0.717, 1.165) is 18.2 Å². The molecule has 0 unspecified atom stereocenters. The second-order valence-electron chi connectivity index (χ2n) is 3.84. The highest BCUT2D eigenvalue weighted by atomic mass is 35.5. The van der Waals surface area contributed by atoms with Gasteiger partial charge in [0.15, 0.2) is 0 Å². The number of nitro benzene ring substituents is 1. The molecule has 0 bridgehead atoms. The van der Waals surface area contributed by atoms with Crippen LogP contribution >= 0.6 is 11.6 Å². The molecule has 0 fully saturated rings. The average molecular weight is 328 g/mol. The largest absolute Gasteiger partial charge is 0.461 e. The smallest absolute Gasteiger partial charge is 0.258 e. The summed E-state index contributed by atoms with van der Waals surface area (Å²) in [6.45, 7) is 0. The number of rotatable bonds is 2. The Morgan fingerprint density at radius 3 is 2.29 bits per heavy atom. The van der Waals surface area contributed by atoms with Crippen molar-refractivity contribution >= 4 is 28.2 Å². The number of alkyl halides is 5. The molecule has 21 heavy (non-hydrogen) atoms. The minimum Gasteiger partial charge on any atom is -0.258 e. The van der Waals surface area contributed by atoms with Crippen LogP contribution in [0.5, 0.6) is 0 Å². The van der Waals surface area contributed by atoms with E-state index >= 15 is 0 Å². The van der Waals surface area contributed by atoms with Crippen LogP contribution in [-0.4, -0.2) is 21.1 Å². The second kappa shape index (κ2) is 4.72. The van der Waals surface area contributed by atoms with Gasteiger partial charge in [-0.3, -0.25) is 10.1 Å². The summed E-state index contributed by atoms with van der Waals surface area (Å²) in [6.07, 6.45) is -5.91. The predicted octanol–water partition coefficient (Wildman–Crippen LogP) is 3.85. The first kappa shape index (κ1) is 15.3. The summed E-state index contributed by atoms with van der Waals surface area (Å²) in [5.74, 6) is -7.19. The summed E-state index contributed by atoms with van der Waals surface area (Å²) < 4.78 is 63.2. The minimum atomic E-state index is -5.91. The fraction of sp³-hybridized carbons (Fsp3) is 0.200. The molecule has 0 radical (unpaired) electrons. The summed E-state index contributed by atoms with van der Waals surface area (Å²) in [5, 5.41) is 9.50. The first-order valence-electron chi connectivity index (χ1n) is 5.11. The number of benzene rings is 1. The molecule has 112 valence electrons. The summed E-state index contributed by atoms with van der Waals surface area (Å²) in [5.41, 5.74) is -1.08. The maximum Gasteiger partial charge on any atom is 0.461 e. The van der Waals surface area contributed by atoms with Crippen molar-refractivity contribution in [2.24, 2.45) is 0 Å². The predicted molar refractivity (Wildman–Crippen MR) is 61.2 cm³/mol. The van der Waals surface area contributed by atoms with E-state index in [1.807, 2.05) is 0 Å². The fourth-order valence-corrected chi connectivity index (χ4v) is 1.81. The number of halogens is 6. The maximum absolute atomic E-state index is 13.2. The molecule has 0 aliphatic rings. The van der Waals surface area contributed by atoms with Crippen LogP contribution < -0.4 is 0 Å². The quantitative estimate of drug-likeness (QED) is 0.363. The molecule has 2 rings (SSSR count). The molecule has 0 amide bonds. The van der Waals surface area contributed by atoms with Crippen LogP contribution in [0.25, 0.3) is 10.9 Å². The molecular formula is C10H3ClF5N3O2. The van der Waals surface area contributed by atoms with Crippen molar-refractivity contribution in [1.29, 1.82) is 0 Å². The van der Waals surface area contributed by atoms with Crippen LogP contribution in [0.15, 0.2) is 18.2 Å². The first-order chi connectivity index (χ1) is 9.55. The van der Waals surface area contributed by atoms with Gasteiger partial charge in [0.25, 0.3) is 5.69 Å². The van der Waals surface area contributed by atoms with Gasteiger partial charge >= 0.3 is 12.1 Å². The van der Waals surface area contributed by atoms with E-state index in [1.54, 1.807) is 0 Å².